The Morgan fingerprint density at radius 3 is 2.70 bits per heavy atom. The topological polar surface area (TPSA) is 91.8 Å². The highest BCUT2D eigenvalue weighted by Gasteiger charge is 2.33. The van der Waals surface area contributed by atoms with Crippen LogP contribution in [0, 0.1) is 12.8 Å². The molecule has 1 fully saturated rings. The molecule has 1 saturated heterocycles. The Morgan fingerprint density at radius 1 is 1.25 bits per heavy atom. The molecule has 1 aliphatic rings. The maximum Gasteiger partial charge on any atom is 0.573 e. The van der Waals surface area contributed by atoms with Crippen molar-refractivity contribution >= 4 is 44.5 Å². The van der Waals surface area contributed by atoms with E-state index in [9.17, 15) is 27.9 Å². The summed E-state index contributed by atoms with van der Waals surface area (Å²) in [5, 5.41) is 12.8. The molecule has 4 rings (SSSR count). The van der Waals surface area contributed by atoms with Crippen molar-refractivity contribution in [3.63, 3.8) is 0 Å². The van der Waals surface area contributed by atoms with E-state index < -0.39 is 29.9 Å². The second-order valence-electron chi connectivity index (χ2n) is 10.2. The number of aromatic nitrogens is 1. The minimum Gasteiger partial charge on any atom is -0.481 e. The summed E-state index contributed by atoms with van der Waals surface area (Å²) in [5.74, 6) is -1.44. The summed E-state index contributed by atoms with van der Waals surface area (Å²) in [6.45, 7) is 5.60. The number of piperidine rings is 1. The third-order valence-electron chi connectivity index (χ3n) is 7.15. The van der Waals surface area contributed by atoms with Gasteiger partial charge < -0.3 is 20.1 Å². The number of rotatable bonds is 9. The van der Waals surface area contributed by atoms with E-state index in [1.165, 1.54) is 18.2 Å². The zero-order chi connectivity index (χ0) is 29.0. The fourth-order valence-electron chi connectivity index (χ4n) is 5.30. The molecule has 0 saturated carbocycles. The standard InChI is InChI=1S/C29H31BrF3N3O4/c1-17-6-5-13-36(16-17)27-18(2)26(22-14-20(30)10-11-23(22)35-27)28(39)34-15-19(9-12-25(37)38)21-7-3-4-8-24(21)40-29(31,32)33/h3-4,7-8,10-11,14,17,19H,5-6,9,12-13,15-16H2,1-2H3,(H,34,39)(H,37,38). The van der Waals surface area contributed by atoms with Crippen molar-refractivity contribution in [1.82, 2.24) is 10.3 Å². The van der Waals surface area contributed by atoms with Gasteiger partial charge >= 0.3 is 12.3 Å². The van der Waals surface area contributed by atoms with Gasteiger partial charge in [-0.2, -0.15) is 0 Å². The number of aliphatic carboxylic acids is 1. The second-order valence-corrected chi connectivity index (χ2v) is 11.1. The molecule has 214 valence electrons. The first-order chi connectivity index (χ1) is 18.9. The number of benzene rings is 2. The third-order valence-corrected chi connectivity index (χ3v) is 7.64. The molecule has 0 radical (unpaired) electrons. The van der Waals surface area contributed by atoms with Crippen LogP contribution in [0.3, 0.4) is 0 Å². The summed E-state index contributed by atoms with van der Waals surface area (Å²) >= 11 is 3.47. The van der Waals surface area contributed by atoms with E-state index in [4.69, 9.17) is 4.98 Å². The molecular weight excluding hydrogens is 591 g/mol. The predicted octanol–water partition coefficient (Wildman–Crippen LogP) is 6.82. The van der Waals surface area contributed by atoms with E-state index in [0.29, 0.717) is 27.9 Å². The summed E-state index contributed by atoms with van der Waals surface area (Å²) in [6.07, 6.45) is -3.05. The van der Waals surface area contributed by atoms with Gasteiger partial charge in [-0.05, 0) is 61.9 Å². The summed E-state index contributed by atoms with van der Waals surface area (Å²) in [7, 11) is 0. The molecule has 0 spiro atoms. The van der Waals surface area contributed by atoms with E-state index in [-0.39, 0.29) is 24.9 Å². The average Bonchev–Trinajstić information content (AvgIpc) is 2.88. The van der Waals surface area contributed by atoms with Crippen LogP contribution in [-0.4, -0.2) is 48.0 Å². The number of hydrogen-bond donors (Lipinski definition) is 2. The van der Waals surface area contributed by atoms with Gasteiger partial charge in [0.2, 0.25) is 0 Å². The summed E-state index contributed by atoms with van der Waals surface area (Å²) in [5.41, 5.74) is 1.96. The minimum absolute atomic E-state index is 0.00633. The Hall–Kier alpha value is -3.34. The van der Waals surface area contributed by atoms with Crippen LogP contribution in [0.2, 0.25) is 0 Å². The first-order valence-electron chi connectivity index (χ1n) is 13.1. The molecule has 2 N–H and O–H groups in total. The summed E-state index contributed by atoms with van der Waals surface area (Å²) in [4.78, 5) is 32.2. The number of amides is 1. The van der Waals surface area contributed by atoms with Gasteiger partial charge in [-0.25, -0.2) is 4.98 Å². The molecule has 40 heavy (non-hydrogen) atoms. The van der Waals surface area contributed by atoms with Gasteiger partial charge in [-0.1, -0.05) is 41.1 Å². The highest BCUT2D eigenvalue weighted by atomic mass is 79.9. The molecule has 1 aliphatic heterocycles. The number of pyridine rings is 1. The number of halogens is 4. The number of anilines is 1. The van der Waals surface area contributed by atoms with E-state index in [1.807, 2.05) is 25.1 Å². The Bertz CT molecular complexity index is 1400. The summed E-state index contributed by atoms with van der Waals surface area (Å²) in [6, 6.07) is 11.1. The molecule has 11 heteroatoms. The smallest absolute Gasteiger partial charge is 0.481 e. The first kappa shape index (κ1) is 29.6. The number of alkyl halides is 3. The van der Waals surface area contributed by atoms with Crippen LogP contribution >= 0.6 is 15.9 Å². The number of ether oxygens (including phenoxy) is 1. The number of nitrogens with one attached hydrogen (secondary N) is 1. The van der Waals surface area contributed by atoms with E-state index in [1.54, 1.807) is 6.07 Å². The largest absolute Gasteiger partial charge is 0.573 e. The fraction of sp³-hybridized carbons (Fsp3) is 0.414. The van der Waals surface area contributed by atoms with Gasteiger partial charge in [0.1, 0.15) is 11.6 Å². The van der Waals surface area contributed by atoms with Gasteiger partial charge in [0.05, 0.1) is 11.1 Å². The molecule has 0 bridgehead atoms. The van der Waals surface area contributed by atoms with Crippen LogP contribution < -0.4 is 15.0 Å². The van der Waals surface area contributed by atoms with Gasteiger partial charge in [-0.15, -0.1) is 13.2 Å². The number of nitrogens with zero attached hydrogens (tertiary/aromatic N) is 2. The van der Waals surface area contributed by atoms with Crippen molar-refractivity contribution in [3.05, 3.63) is 63.6 Å². The Labute approximate surface area is 238 Å². The highest BCUT2D eigenvalue weighted by molar-refractivity contribution is 9.10. The average molecular weight is 622 g/mol. The van der Waals surface area contributed by atoms with Crippen molar-refractivity contribution in [1.29, 1.82) is 0 Å². The van der Waals surface area contributed by atoms with Crippen molar-refractivity contribution in [2.24, 2.45) is 5.92 Å². The second kappa shape index (κ2) is 12.4. The van der Waals surface area contributed by atoms with Crippen LogP contribution in [-0.2, 0) is 4.79 Å². The Balaban J connectivity index is 1.68. The lowest BCUT2D eigenvalue weighted by atomic mass is 9.92. The molecule has 2 aromatic carbocycles. The first-order valence-corrected chi connectivity index (χ1v) is 13.9. The molecule has 0 aliphatic carbocycles. The van der Waals surface area contributed by atoms with Crippen molar-refractivity contribution in [3.8, 4) is 5.75 Å². The van der Waals surface area contributed by atoms with Gasteiger partial charge in [0, 0.05) is 47.4 Å². The molecule has 2 atom stereocenters. The lowest BCUT2D eigenvalue weighted by Crippen LogP contribution is -2.36. The molecule has 1 amide bonds. The van der Waals surface area contributed by atoms with Gasteiger partial charge in [-0.3, -0.25) is 9.59 Å². The monoisotopic (exact) mass is 621 g/mol. The zero-order valence-corrected chi connectivity index (χ0v) is 23.8. The molecule has 3 aromatic rings. The van der Waals surface area contributed by atoms with Crippen LogP contribution in [0.1, 0.15) is 60.0 Å². The number of carbonyl (C=O) groups is 2. The van der Waals surface area contributed by atoms with Gasteiger partial charge in [0.25, 0.3) is 5.91 Å². The minimum atomic E-state index is -4.92. The number of carbonyl (C=O) groups excluding carboxylic acids is 1. The van der Waals surface area contributed by atoms with Crippen LogP contribution in [0.4, 0.5) is 19.0 Å². The number of fused-ring (bicyclic) bond motifs is 1. The SMILES string of the molecule is Cc1c(N2CCCC(C)C2)nc2ccc(Br)cc2c1C(=O)NCC(CCC(=O)O)c1ccccc1OC(F)(F)F. The van der Waals surface area contributed by atoms with Crippen molar-refractivity contribution in [2.75, 3.05) is 24.5 Å². The number of carboxylic acids is 1. The van der Waals surface area contributed by atoms with E-state index in [2.05, 4.69) is 37.8 Å². The van der Waals surface area contributed by atoms with Gasteiger partial charge in [0.15, 0.2) is 0 Å². The van der Waals surface area contributed by atoms with E-state index in [0.717, 1.165) is 36.2 Å². The summed E-state index contributed by atoms with van der Waals surface area (Å²) < 4.78 is 44.2. The molecule has 7 nitrogen and oxygen atoms in total. The zero-order valence-electron chi connectivity index (χ0n) is 22.2. The number of para-hydroxylation sites is 1. The Morgan fingerprint density at radius 2 is 2.00 bits per heavy atom. The normalized spacial score (nSPS) is 16.6. The maximum atomic E-state index is 13.8. The van der Waals surface area contributed by atoms with E-state index >= 15 is 0 Å². The van der Waals surface area contributed by atoms with Crippen LogP contribution in [0.15, 0.2) is 46.9 Å². The predicted molar refractivity (Wildman–Crippen MR) is 150 cm³/mol. The lowest BCUT2D eigenvalue weighted by Gasteiger charge is -2.33. The molecule has 2 unspecified atom stereocenters. The lowest BCUT2D eigenvalue weighted by molar-refractivity contribution is -0.275. The number of carboxylic acid groups (broad SMARTS) is 1. The number of hydrogen-bond acceptors (Lipinski definition) is 5. The maximum absolute atomic E-state index is 13.8. The van der Waals surface area contributed by atoms with Crippen molar-refractivity contribution < 1.29 is 32.6 Å². The van der Waals surface area contributed by atoms with Crippen LogP contribution in [0.25, 0.3) is 10.9 Å². The van der Waals surface area contributed by atoms with Crippen molar-refractivity contribution in [2.45, 2.75) is 51.8 Å². The van der Waals surface area contributed by atoms with Crippen LogP contribution in [0.5, 0.6) is 5.75 Å². The molecule has 2 heterocycles. The Kier molecular flexibility index (Phi) is 9.22. The molecule has 1 aromatic heterocycles. The highest BCUT2D eigenvalue weighted by Crippen LogP contribution is 2.35. The quantitative estimate of drug-likeness (QED) is 0.272. The third kappa shape index (κ3) is 7.24. The fourth-order valence-corrected chi connectivity index (χ4v) is 5.67. The molecular formula is C29H31BrF3N3O4.